The predicted octanol–water partition coefficient (Wildman–Crippen LogP) is 2.88. The molecule has 0 spiro atoms. The van der Waals surface area contributed by atoms with E-state index >= 15 is 0 Å². The molecule has 0 radical (unpaired) electrons. The van der Waals surface area contributed by atoms with Crippen molar-refractivity contribution in [1.82, 2.24) is 0 Å². The summed E-state index contributed by atoms with van der Waals surface area (Å²) in [7, 11) is 0. The molecule has 0 bridgehead atoms. The summed E-state index contributed by atoms with van der Waals surface area (Å²) in [6.07, 6.45) is 17.5. The molecule has 5 rings (SSSR count). The third kappa shape index (κ3) is 1.51. The Balaban J connectivity index is 1.84. The molecule has 0 saturated heterocycles. The van der Waals surface area contributed by atoms with Gasteiger partial charge in [0.25, 0.3) is 0 Å². The lowest BCUT2D eigenvalue weighted by Gasteiger charge is -2.40. The van der Waals surface area contributed by atoms with Gasteiger partial charge in [-0.25, -0.2) is 0 Å². The maximum absolute atomic E-state index is 1.90. The zero-order valence-corrected chi connectivity index (χ0v) is 12.6. The molecule has 0 amide bonds. The van der Waals surface area contributed by atoms with Gasteiger partial charge in [-0.15, -0.1) is 0 Å². The molecule has 0 aromatic heterocycles. The van der Waals surface area contributed by atoms with E-state index in [4.69, 9.17) is 0 Å². The van der Waals surface area contributed by atoms with E-state index in [-0.39, 0.29) is 0 Å². The molecule has 0 unspecified atom stereocenters. The monoisotopic (exact) mass is 262 g/mol. The second-order valence-corrected chi connectivity index (χ2v) is 7.70. The average Bonchev–Trinajstić information content (AvgIpc) is 2.52. The van der Waals surface area contributed by atoms with Crippen molar-refractivity contribution in [2.45, 2.75) is 76.6 Å². The Morgan fingerprint density at radius 3 is 1.05 bits per heavy atom. The third-order valence-corrected chi connectivity index (χ3v) is 6.76. The highest BCUT2D eigenvalue weighted by Gasteiger charge is 2.38. The minimum absolute atomic E-state index is 0.950. The van der Waals surface area contributed by atoms with Crippen LogP contribution in [0.2, 0.25) is 25.3 Å². The Hall–Kier alpha value is -0.650. The summed E-state index contributed by atoms with van der Waals surface area (Å²) >= 11 is 0. The fourth-order valence-electron chi connectivity index (χ4n) is 6.11. The van der Waals surface area contributed by atoms with E-state index in [0.717, 1.165) is 13.4 Å². The molecular weight excluding hydrogens is 238 g/mol. The molecule has 4 aliphatic heterocycles. The van der Waals surface area contributed by atoms with Crippen molar-refractivity contribution >= 4 is 24.4 Å². The molecule has 20 heavy (non-hydrogen) atoms. The molecule has 0 saturated carbocycles. The number of hydrogen-bond acceptors (Lipinski definition) is 0. The Morgan fingerprint density at radius 2 is 0.750 bits per heavy atom. The second kappa shape index (κ2) is 4.42. The summed E-state index contributed by atoms with van der Waals surface area (Å²) in [5, 5.41) is 0. The SMILES string of the molecule is C1CB2CCCc3c4c5c(c(c32)C1)CCCB5CCC4. The van der Waals surface area contributed by atoms with Crippen LogP contribution >= 0.6 is 0 Å². The quantitative estimate of drug-likeness (QED) is 0.630. The van der Waals surface area contributed by atoms with Gasteiger partial charge in [-0.1, -0.05) is 84.1 Å². The van der Waals surface area contributed by atoms with Crippen molar-refractivity contribution < 1.29 is 0 Å². The van der Waals surface area contributed by atoms with Crippen molar-refractivity contribution in [3.05, 3.63) is 22.3 Å². The molecule has 4 heterocycles. The van der Waals surface area contributed by atoms with Crippen LogP contribution in [0.4, 0.5) is 0 Å². The number of rotatable bonds is 0. The number of fused-ring (bicyclic) bond motifs is 2. The van der Waals surface area contributed by atoms with Crippen LogP contribution in [0.15, 0.2) is 0 Å². The van der Waals surface area contributed by atoms with Gasteiger partial charge < -0.3 is 0 Å². The normalized spacial score (nSPS) is 23.4. The Labute approximate surface area is 123 Å². The van der Waals surface area contributed by atoms with Crippen molar-refractivity contribution in [1.29, 1.82) is 0 Å². The maximum atomic E-state index is 1.90. The molecule has 1 aromatic rings. The van der Waals surface area contributed by atoms with Gasteiger partial charge in [0.1, 0.15) is 0 Å². The molecule has 0 fully saturated rings. The zero-order chi connectivity index (χ0) is 13.1. The van der Waals surface area contributed by atoms with Crippen LogP contribution < -0.4 is 10.9 Å². The smallest absolute Gasteiger partial charge is 0.0733 e. The fourth-order valence-corrected chi connectivity index (χ4v) is 6.11. The minimum atomic E-state index is 0.950. The first-order valence-corrected chi connectivity index (χ1v) is 9.12. The van der Waals surface area contributed by atoms with Gasteiger partial charge in [0.05, 0.1) is 0 Å². The van der Waals surface area contributed by atoms with Gasteiger partial charge in [-0.2, -0.15) is 0 Å². The van der Waals surface area contributed by atoms with E-state index in [9.17, 15) is 0 Å². The van der Waals surface area contributed by atoms with Gasteiger partial charge in [-0.3, -0.25) is 0 Å². The van der Waals surface area contributed by atoms with E-state index < -0.39 is 0 Å². The van der Waals surface area contributed by atoms with Crippen LogP contribution in [-0.2, 0) is 25.7 Å². The van der Waals surface area contributed by atoms with Gasteiger partial charge in [0.2, 0.25) is 0 Å². The van der Waals surface area contributed by atoms with E-state index in [0.29, 0.717) is 0 Å². The molecule has 1 aromatic carbocycles. The van der Waals surface area contributed by atoms with Gasteiger partial charge in [0.15, 0.2) is 13.4 Å². The molecule has 2 heteroatoms. The number of benzene rings is 1. The molecule has 0 aliphatic carbocycles. The van der Waals surface area contributed by atoms with Crippen LogP contribution in [0.1, 0.15) is 47.9 Å². The van der Waals surface area contributed by atoms with E-state index in [2.05, 4.69) is 0 Å². The molecule has 0 nitrogen and oxygen atoms in total. The first-order chi connectivity index (χ1) is 9.93. The van der Waals surface area contributed by atoms with Crippen molar-refractivity contribution in [3.63, 3.8) is 0 Å². The standard InChI is InChI=1S/C18H24B2/c1-5-13-14-6-3-11-20-12-4-8-16(18(14)20)15-7-2-10-19(9-1)17(13)15/h1-12H2. The van der Waals surface area contributed by atoms with Crippen LogP contribution in [-0.4, -0.2) is 13.4 Å². The lowest BCUT2D eigenvalue weighted by atomic mass is 9.29. The summed E-state index contributed by atoms with van der Waals surface area (Å²) in [5.74, 6) is 0. The molecule has 4 aliphatic rings. The summed E-state index contributed by atoms with van der Waals surface area (Å²) in [5.41, 5.74) is 11.3. The molecular formula is C18H24B2. The summed E-state index contributed by atoms with van der Waals surface area (Å²) < 4.78 is 0. The highest BCUT2D eigenvalue weighted by Crippen LogP contribution is 2.35. The Morgan fingerprint density at radius 1 is 0.450 bits per heavy atom. The van der Waals surface area contributed by atoms with Gasteiger partial charge >= 0.3 is 0 Å². The van der Waals surface area contributed by atoms with E-state index in [1.165, 1.54) is 76.6 Å². The first kappa shape index (κ1) is 12.0. The van der Waals surface area contributed by atoms with Crippen molar-refractivity contribution in [2.75, 3.05) is 0 Å². The summed E-state index contributed by atoms with van der Waals surface area (Å²) in [4.78, 5) is 0. The zero-order valence-electron chi connectivity index (χ0n) is 12.6. The number of hydrogen-bond donors (Lipinski definition) is 0. The predicted molar refractivity (Wildman–Crippen MR) is 89.7 cm³/mol. The van der Waals surface area contributed by atoms with Crippen LogP contribution in [0, 0.1) is 0 Å². The lowest BCUT2D eigenvalue weighted by molar-refractivity contribution is 0.773. The van der Waals surface area contributed by atoms with Crippen LogP contribution in [0.5, 0.6) is 0 Å². The molecule has 0 N–H and O–H groups in total. The van der Waals surface area contributed by atoms with Crippen molar-refractivity contribution in [3.8, 4) is 0 Å². The van der Waals surface area contributed by atoms with Gasteiger partial charge in [-0.05, 0) is 25.7 Å². The van der Waals surface area contributed by atoms with E-state index in [1.807, 2.05) is 33.2 Å². The van der Waals surface area contributed by atoms with Crippen LogP contribution in [0.3, 0.4) is 0 Å². The average molecular weight is 262 g/mol. The maximum Gasteiger partial charge on any atom is 0.176 e. The summed E-state index contributed by atoms with van der Waals surface area (Å²) in [6.45, 7) is 1.90. The minimum Gasteiger partial charge on any atom is -0.0733 e. The second-order valence-electron chi connectivity index (χ2n) is 7.70. The van der Waals surface area contributed by atoms with E-state index in [1.54, 1.807) is 0 Å². The van der Waals surface area contributed by atoms with Gasteiger partial charge in [0, 0.05) is 0 Å². The Bertz CT molecular complexity index is 479. The first-order valence-electron chi connectivity index (χ1n) is 9.12. The molecule has 0 atom stereocenters. The molecule has 102 valence electrons. The lowest BCUT2D eigenvalue weighted by Crippen LogP contribution is -2.51. The fraction of sp³-hybridized carbons (Fsp3) is 0.667. The van der Waals surface area contributed by atoms with Crippen molar-refractivity contribution in [2.24, 2.45) is 0 Å². The highest BCUT2D eigenvalue weighted by molar-refractivity contribution is 6.77. The van der Waals surface area contributed by atoms with Crippen LogP contribution in [0.25, 0.3) is 0 Å². The largest absolute Gasteiger partial charge is 0.176 e. The Kier molecular flexibility index (Phi) is 2.64. The topological polar surface area (TPSA) is 0 Å². The third-order valence-electron chi connectivity index (χ3n) is 6.76. The summed E-state index contributed by atoms with van der Waals surface area (Å²) in [6, 6.07) is 0. The highest BCUT2D eigenvalue weighted by atomic mass is 14.3.